The first-order valence-corrected chi connectivity index (χ1v) is 22.5. The van der Waals surface area contributed by atoms with Crippen LogP contribution in [-0.2, 0) is 12.8 Å². The van der Waals surface area contributed by atoms with Crippen molar-refractivity contribution in [3.63, 3.8) is 0 Å². The van der Waals surface area contributed by atoms with Crippen LogP contribution in [0.25, 0.3) is 22.6 Å². The molecule has 8 aromatic rings. The second kappa shape index (κ2) is 18.0. The van der Waals surface area contributed by atoms with E-state index in [2.05, 4.69) is 146 Å². The van der Waals surface area contributed by atoms with Gasteiger partial charge in [-0.05, 0) is 142 Å². The molecule has 1 N–H and O–H groups in total. The highest BCUT2D eigenvalue weighted by Crippen LogP contribution is 2.40. The average molecular weight is 831 g/mol. The van der Waals surface area contributed by atoms with E-state index < -0.39 is 0 Å². The monoisotopic (exact) mass is 830 g/mol. The van der Waals surface area contributed by atoms with E-state index in [0.29, 0.717) is 6.42 Å². The lowest BCUT2D eigenvalue weighted by atomic mass is 9.90. The van der Waals surface area contributed by atoms with Crippen LogP contribution in [0.15, 0.2) is 146 Å². The SMILES string of the molecule is Cc1cccnc1[C@@H]1CCC[C@H](c2cccc(Cc3ccccc3-n3ccc(-c4ccnc([C@@H]5CCC[C@H](c6cccc(Cc7ccccc7-n7cccn7)n6)N5)c4C)n3)n2)N1C. The number of para-hydroxylation sites is 2. The van der Waals surface area contributed by atoms with Gasteiger partial charge in [-0.15, -0.1) is 0 Å². The molecule has 2 saturated heterocycles. The Kier molecular flexibility index (Phi) is 11.6. The maximum absolute atomic E-state index is 5.29. The van der Waals surface area contributed by atoms with E-state index in [9.17, 15) is 0 Å². The van der Waals surface area contributed by atoms with Gasteiger partial charge in [0.1, 0.15) is 0 Å². The van der Waals surface area contributed by atoms with E-state index in [1.54, 1.807) is 0 Å². The number of aryl methyl sites for hydroxylation is 1. The van der Waals surface area contributed by atoms with Gasteiger partial charge in [0.25, 0.3) is 0 Å². The predicted octanol–water partition coefficient (Wildman–Crippen LogP) is 10.6. The minimum atomic E-state index is 0.110. The maximum Gasteiger partial charge on any atom is 0.0931 e. The van der Waals surface area contributed by atoms with Gasteiger partial charge >= 0.3 is 0 Å². The summed E-state index contributed by atoms with van der Waals surface area (Å²) in [6.45, 7) is 4.36. The van der Waals surface area contributed by atoms with Gasteiger partial charge in [0.05, 0.1) is 58.0 Å². The van der Waals surface area contributed by atoms with Crippen LogP contribution in [0.2, 0.25) is 0 Å². The van der Waals surface area contributed by atoms with Crippen molar-refractivity contribution in [3.8, 4) is 22.6 Å². The van der Waals surface area contributed by atoms with Crippen LogP contribution in [0.5, 0.6) is 0 Å². The molecule has 6 aromatic heterocycles. The van der Waals surface area contributed by atoms with Crippen LogP contribution in [0.1, 0.15) is 119 Å². The summed E-state index contributed by atoms with van der Waals surface area (Å²) < 4.78 is 3.94. The van der Waals surface area contributed by atoms with Crippen molar-refractivity contribution in [2.75, 3.05) is 7.05 Å². The minimum Gasteiger partial charge on any atom is -0.300 e. The van der Waals surface area contributed by atoms with E-state index in [0.717, 1.165) is 102 Å². The number of pyridine rings is 4. The zero-order valence-electron chi connectivity index (χ0n) is 36.3. The number of rotatable bonds is 11. The summed E-state index contributed by atoms with van der Waals surface area (Å²) >= 11 is 0. The molecule has 10 nitrogen and oxygen atoms in total. The Morgan fingerprint density at radius 3 is 2.02 bits per heavy atom. The first kappa shape index (κ1) is 40.5. The van der Waals surface area contributed by atoms with Crippen LogP contribution in [0.3, 0.4) is 0 Å². The van der Waals surface area contributed by atoms with Crippen LogP contribution < -0.4 is 5.32 Å². The van der Waals surface area contributed by atoms with Gasteiger partial charge in [-0.25, -0.2) is 9.36 Å². The van der Waals surface area contributed by atoms with Gasteiger partial charge in [-0.2, -0.15) is 10.2 Å². The molecule has 0 unspecified atom stereocenters. The Hall–Kier alpha value is -6.62. The molecule has 0 spiro atoms. The zero-order valence-corrected chi connectivity index (χ0v) is 36.3. The molecule has 0 radical (unpaired) electrons. The minimum absolute atomic E-state index is 0.110. The van der Waals surface area contributed by atoms with Gasteiger partial charge in [0.2, 0.25) is 0 Å². The van der Waals surface area contributed by atoms with Gasteiger partial charge < -0.3 is 5.32 Å². The molecule has 0 bridgehead atoms. The van der Waals surface area contributed by atoms with Crippen LogP contribution in [0, 0.1) is 13.8 Å². The number of aromatic nitrogens is 8. The normalized spacial score (nSPS) is 19.3. The Balaban J connectivity index is 0.847. The lowest BCUT2D eigenvalue weighted by Gasteiger charge is -2.39. The van der Waals surface area contributed by atoms with Crippen LogP contribution >= 0.6 is 0 Å². The van der Waals surface area contributed by atoms with Crippen molar-refractivity contribution in [1.82, 2.24) is 49.7 Å². The third-order valence-corrected chi connectivity index (χ3v) is 13.2. The summed E-state index contributed by atoms with van der Waals surface area (Å²) in [6.07, 6.45) is 17.7. The molecular formula is C53H54N10. The highest BCUT2D eigenvalue weighted by atomic mass is 15.3. The van der Waals surface area contributed by atoms with E-state index in [1.807, 2.05) is 46.3 Å². The van der Waals surface area contributed by atoms with Crippen molar-refractivity contribution < 1.29 is 0 Å². The Morgan fingerprint density at radius 2 is 1.25 bits per heavy atom. The number of nitrogens with one attached hydrogen (secondary N) is 1. The summed E-state index contributed by atoms with van der Waals surface area (Å²) in [5.74, 6) is 0. The molecule has 0 saturated carbocycles. The third-order valence-electron chi connectivity index (χ3n) is 13.2. The van der Waals surface area contributed by atoms with E-state index in [-0.39, 0.29) is 24.2 Å². The molecule has 0 amide bonds. The van der Waals surface area contributed by atoms with Crippen molar-refractivity contribution in [2.45, 2.75) is 89.4 Å². The largest absolute Gasteiger partial charge is 0.300 e. The van der Waals surface area contributed by atoms with Crippen molar-refractivity contribution >= 4 is 0 Å². The first-order chi connectivity index (χ1) is 31.0. The van der Waals surface area contributed by atoms with Gasteiger partial charge in [0.15, 0.2) is 0 Å². The topological polar surface area (TPSA) is 102 Å². The van der Waals surface area contributed by atoms with Crippen molar-refractivity contribution in [2.24, 2.45) is 0 Å². The molecule has 10 rings (SSSR count). The van der Waals surface area contributed by atoms with Crippen LogP contribution in [0.4, 0.5) is 0 Å². The summed E-state index contributed by atoms with van der Waals surface area (Å²) in [4.78, 5) is 22.8. The second-order valence-corrected chi connectivity index (χ2v) is 17.2. The van der Waals surface area contributed by atoms with Gasteiger partial charge in [0, 0.05) is 66.8 Å². The zero-order chi connectivity index (χ0) is 42.7. The molecular weight excluding hydrogens is 777 g/mol. The number of hydrogen-bond acceptors (Lipinski definition) is 8. The molecule has 0 aliphatic carbocycles. The third kappa shape index (κ3) is 8.48. The smallest absolute Gasteiger partial charge is 0.0931 e. The summed E-state index contributed by atoms with van der Waals surface area (Å²) in [5.41, 5.74) is 15.5. The van der Waals surface area contributed by atoms with E-state index in [4.69, 9.17) is 25.0 Å². The lowest BCUT2D eigenvalue weighted by molar-refractivity contribution is 0.109. The van der Waals surface area contributed by atoms with Gasteiger partial charge in [-0.1, -0.05) is 54.6 Å². The number of benzene rings is 2. The second-order valence-electron chi connectivity index (χ2n) is 17.2. The summed E-state index contributed by atoms with van der Waals surface area (Å²) in [7, 11) is 2.24. The Morgan fingerprint density at radius 1 is 0.571 bits per heavy atom. The fraction of sp³-hybridized carbons (Fsp3) is 0.283. The molecule has 316 valence electrons. The number of piperidine rings is 2. The fourth-order valence-corrected chi connectivity index (χ4v) is 9.97. The van der Waals surface area contributed by atoms with Crippen molar-refractivity contribution in [3.05, 3.63) is 203 Å². The van der Waals surface area contributed by atoms with Gasteiger partial charge in [-0.3, -0.25) is 24.8 Å². The standard InChI is InChI=1S/C53H54N10/c1-36-14-12-29-54-52(36)51-26-11-25-50(61(51)3)46-21-9-18-41(58-46)35-39-16-5-7-24-49(39)63-33-28-43(60-63)42-27-31-55-53(37(42)2)47-22-10-20-45(59-47)44-19-8-17-40(57-44)34-38-15-4-6-23-48(38)62-32-13-30-56-62/h4-9,12-19,21,23-24,27-33,45,47,50-51,59H,10-11,20,22,25-26,34-35H2,1-3H3/t45-,47+,50-,51+/m1/s1. The first-order valence-electron chi connectivity index (χ1n) is 22.5. The average Bonchev–Trinajstić information content (AvgIpc) is 4.04. The number of likely N-dealkylation sites (tertiary alicyclic amines) is 1. The maximum atomic E-state index is 5.29. The fourth-order valence-electron chi connectivity index (χ4n) is 9.97. The van der Waals surface area contributed by atoms with E-state index in [1.165, 1.54) is 22.4 Å². The summed E-state index contributed by atoms with van der Waals surface area (Å²) in [5, 5.41) is 13.6. The molecule has 63 heavy (non-hydrogen) atoms. The van der Waals surface area contributed by atoms with E-state index >= 15 is 0 Å². The lowest BCUT2D eigenvalue weighted by Crippen LogP contribution is -2.34. The molecule has 2 aliphatic rings. The highest BCUT2D eigenvalue weighted by Gasteiger charge is 2.32. The van der Waals surface area contributed by atoms with Crippen LogP contribution in [-0.4, -0.2) is 51.4 Å². The number of nitrogens with zero attached hydrogens (tertiary/aromatic N) is 9. The molecule has 4 atom stereocenters. The Bertz CT molecular complexity index is 2830. The summed E-state index contributed by atoms with van der Waals surface area (Å²) in [6, 6.07) is 41.1. The quantitative estimate of drug-likeness (QED) is 0.137. The predicted molar refractivity (Wildman–Crippen MR) is 248 cm³/mol. The molecule has 2 fully saturated rings. The number of hydrogen-bond donors (Lipinski definition) is 1. The molecule has 10 heteroatoms. The molecule has 8 heterocycles. The highest BCUT2D eigenvalue weighted by molar-refractivity contribution is 5.64. The molecule has 2 aliphatic heterocycles. The Labute approximate surface area is 370 Å². The van der Waals surface area contributed by atoms with Crippen molar-refractivity contribution in [1.29, 1.82) is 0 Å². The molecule has 2 aromatic carbocycles.